The number of terminal acetylenes is 1. The van der Waals surface area contributed by atoms with Crippen molar-refractivity contribution in [3.05, 3.63) is 23.3 Å². The molecule has 0 radical (unpaired) electrons. The van der Waals surface area contributed by atoms with Crippen LogP contribution in [0.5, 0.6) is 0 Å². The van der Waals surface area contributed by atoms with Gasteiger partial charge in [0.2, 0.25) is 10.0 Å². The molecule has 1 aromatic carbocycles. The van der Waals surface area contributed by atoms with Crippen molar-refractivity contribution in [1.82, 2.24) is 4.31 Å². The van der Waals surface area contributed by atoms with Crippen molar-refractivity contribution >= 4 is 15.7 Å². The molecule has 0 amide bonds. The third-order valence-corrected chi connectivity index (χ3v) is 5.53. The first-order valence-electron chi connectivity index (χ1n) is 6.66. The van der Waals surface area contributed by atoms with E-state index in [1.807, 2.05) is 13.8 Å². The van der Waals surface area contributed by atoms with Gasteiger partial charge < -0.3 is 5.73 Å². The van der Waals surface area contributed by atoms with Crippen molar-refractivity contribution in [3.8, 4) is 12.3 Å². The number of hydrogen-bond donors (Lipinski definition) is 1. The van der Waals surface area contributed by atoms with E-state index in [-0.39, 0.29) is 11.4 Å². The molecule has 0 bridgehead atoms. The van der Waals surface area contributed by atoms with Crippen LogP contribution < -0.4 is 5.73 Å². The van der Waals surface area contributed by atoms with Gasteiger partial charge in [0.15, 0.2) is 0 Å². The largest absolute Gasteiger partial charge is 0.398 e. The molecule has 1 fully saturated rings. The van der Waals surface area contributed by atoms with Crippen LogP contribution in [0, 0.1) is 32.1 Å². The van der Waals surface area contributed by atoms with E-state index in [4.69, 9.17) is 12.2 Å². The monoisotopic (exact) mass is 292 g/mol. The van der Waals surface area contributed by atoms with Gasteiger partial charge in [-0.15, -0.1) is 6.42 Å². The lowest BCUT2D eigenvalue weighted by molar-refractivity contribution is 0.430. The minimum absolute atomic E-state index is 0.103. The lowest BCUT2D eigenvalue weighted by Gasteiger charge is -2.20. The van der Waals surface area contributed by atoms with E-state index in [1.54, 1.807) is 6.07 Å². The van der Waals surface area contributed by atoms with E-state index >= 15 is 0 Å². The molecule has 5 heteroatoms. The number of hydrogen-bond acceptors (Lipinski definition) is 3. The molecule has 2 N–H and O–H groups in total. The summed E-state index contributed by atoms with van der Waals surface area (Å²) in [5.74, 6) is 2.88. The molecule has 1 aromatic rings. The zero-order valence-electron chi connectivity index (χ0n) is 11.9. The molecule has 0 unspecified atom stereocenters. The molecule has 1 aliphatic rings. The standard InChI is InChI=1S/C15H20N2O2S/c1-4-7-17(10-13-5-6-13)20(18,19)14-8-11(2)12(3)15(16)9-14/h1,8-9,13H,5-7,10,16H2,2-3H3. The van der Waals surface area contributed by atoms with Crippen LogP contribution in [0.2, 0.25) is 0 Å². The van der Waals surface area contributed by atoms with Gasteiger partial charge in [0.25, 0.3) is 0 Å². The number of sulfonamides is 1. The fourth-order valence-electron chi connectivity index (χ4n) is 2.09. The first kappa shape index (κ1) is 14.9. The van der Waals surface area contributed by atoms with E-state index in [1.165, 1.54) is 10.4 Å². The number of benzene rings is 1. The van der Waals surface area contributed by atoms with Crippen LogP contribution in [0.25, 0.3) is 0 Å². The molecular weight excluding hydrogens is 272 g/mol. The topological polar surface area (TPSA) is 63.4 Å². The number of nitrogens with two attached hydrogens (primary N) is 1. The molecule has 4 nitrogen and oxygen atoms in total. The fraction of sp³-hybridized carbons (Fsp3) is 0.467. The molecule has 0 spiro atoms. The Hall–Kier alpha value is -1.51. The van der Waals surface area contributed by atoms with Gasteiger partial charge in [-0.05, 0) is 55.9 Å². The van der Waals surface area contributed by atoms with Gasteiger partial charge in [0, 0.05) is 12.2 Å². The van der Waals surface area contributed by atoms with Gasteiger partial charge >= 0.3 is 0 Å². The zero-order chi connectivity index (χ0) is 14.9. The SMILES string of the molecule is C#CCN(CC1CC1)S(=O)(=O)c1cc(C)c(C)c(N)c1. The van der Waals surface area contributed by atoms with Crippen molar-refractivity contribution in [2.75, 3.05) is 18.8 Å². The van der Waals surface area contributed by atoms with E-state index < -0.39 is 10.0 Å². The summed E-state index contributed by atoms with van der Waals surface area (Å²) in [7, 11) is -3.57. The first-order valence-corrected chi connectivity index (χ1v) is 8.10. The normalized spacial score (nSPS) is 15.3. The number of nitrogens with zero attached hydrogens (tertiary/aromatic N) is 1. The van der Waals surface area contributed by atoms with Crippen LogP contribution in [-0.2, 0) is 10.0 Å². The number of aryl methyl sites for hydroxylation is 1. The van der Waals surface area contributed by atoms with E-state index in [0.29, 0.717) is 18.2 Å². The molecule has 20 heavy (non-hydrogen) atoms. The predicted molar refractivity (Wildman–Crippen MR) is 80.6 cm³/mol. The van der Waals surface area contributed by atoms with Gasteiger partial charge in [0.05, 0.1) is 11.4 Å². The summed E-state index contributed by atoms with van der Waals surface area (Å²) in [6, 6.07) is 3.19. The van der Waals surface area contributed by atoms with Crippen LogP contribution in [-0.4, -0.2) is 25.8 Å². The quantitative estimate of drug-likeness (QED) is 0.666. The fourth-order valence-corrected chi connectivity index (χ4v) is 3.64. The molecule has 1 aliphatic carbocycles. The Morgan fingerprint density at radius 3 is 2.55 bits per heavy atom. The molecule has 0 aromatic heterocycles. The molecule has 2 rings (SSSR count). The smallest absolute Gasteiger partial charge is 0.244 e. The average Bonchev–Trinajstić information content (AvgIpc) is 3.18. The summed E-state index contributed by atoms with van der Waals surface area (Å²) in [6.45, 7) is 4.34. The highest BCUT2D eigenvalue weighted by Gasteiger charge is 2.31. The lowest BCUT2D eigenvalue weighted by atomic mass is 10.1. The van der Waals surface area contributed by atoms with Gasteiger partial charge in [-0.25, -0.2) is 8.42 Å². The van der Waals surface area contributed by atoms with Gasteiger partial charge in [-0.3, -0.25) is 0 Å². The zero-order valence-corrected chi connectivity index (χ0v) is 12.7. The molecule has 0 saturated heterocycles. The highest BCUT2D eigenvalue weighted by atomic mass is 32.2. The molecule has 0 atom stereocenters. The summed E-state index contributed by atoms with van der Waals surface area (Å²) in [4.78, 5) is 0.231. The maximum Gasteiger partial charge on any atom is 0.244 e. The van der Waals surface area contributed by atoms with Crippen molar-refractivity contribution < 1.29 is 8.42 Å². The summed E-state index contributed by atoms with van der Waals surface area (Å²) in [5.41, 5.74) is 8.16. The Morgan fingerprint density at radius 1 is 1.40 bits per heavy atom. The summed E-state index contributed by atoms with van der Waals surface area (Å²) in [6.07, 6.45) is 7.45. The van der Waals surface area contributed by atoms with Gasteiger partial charge in [-0.2, -0.15) is 4.31 Å². The Bertz CT molecular complexity index is 632. The predicted octanol–water partition coefficient (Wildman–Crippen LogP) is 1.92. The van der Waals surface area contributed by atoms with E-state index in [2.05, 4.69) is 5.92 Å². The second-order valence-corrected chi connectivity index (χ2v) is 7.34. The molecule has 0 aliphatic heterocycles. The second kappa shape index (κ2) is 5.47. The van der Waals surface area contributed by atoms with Crippen LogP contribution >= 0.6 is 0 Å². The third kappa shape index (κ3) is 2.97. The van der Waals surface area contributed by atoms with Gasteiger partial charge in [0.1, 0.15) is 0 Å². The molecule has 1 saturated carbocycles. The summed E-state index contributed by atoms with van der Waals surface area (Å²) < 4.78 is 26.7. The number of nitrogen functional groups attached to an aromatic ring is 1. The second-order valence-electron chi connectivity index (χ2n) is 5.40. The first-order chi connectivity index (χ1) is 9.36. The molecule has 0 heterocycles. The maximum absolute atomic E-state index is 12.7. The minimum atomic E-state index is -3.57. The number of rotatable bonds is 5. The van der Waals surface area contributed by atoms with Crippen LogP contribution in [0.1, 0.15) is 24.0 Å². The van der Waals surface area contributed by atoms with Crippen molar-refractivity contribution in [3.63, 3.8) is 0 Å². The van der Waals surface area contributed by atoms with Crippen molar-refractivity contribution in [2.24, 2.45) is 5.92 Å². The number of anilines is 1. The molecular formula is C15H20N2O2S. The van der Waals surface area contributed by atoms with E-state index in [9.17, 15) is 8.42 Å². The Kier molecular flexibility index (Phi) is 4.07. The summed E-state index contributed by atoms with van der Waals surface area (Å²) >= 11 is 0. The van der Waals surface area contributed by atoms with Crippen LogP contribution in [0.15, 0.2) is 17.0 Å². The van der Waals surface area contributed by atoms with Crippen LogP contribution in [0.4, 0.5) is 5.69 Å². The molecule has 108 valence electrons. The van der Waals surface area contributed by atoms with Gasteiger partial charge in [-0.1, -0.05) is 5.92 Å². The third-order valence-electron chi connectivity index (χ3n) is 3.75. The Labute approximate surface area is 121 Å². The van der Waals surface area contributed by atoms with E-state index in [0.717, 1.165) is 24.0 Å². The van der Waals surface area contributed by atoms with Crippen molar-refractivity contribution in [1.29, 1.82) is 0 Å². The Balaban J connectivity index is 2.39. The van der Waals surface area contributed by atoms with Crippen LogP contribution in [0.3, 0.4) is 0 Å². The highest BCUT2D eigenvalue weighted by Crippen LogP contribution is 2.32. The highest BCUT2D eigenvalue weighted by molar-refractivity contribution is 7.89. The van der Waals surface area contributed by atoms with Crippen molar-refractivity contribution in [2.45, 2.75) is 31.6 Å². The lowest BCUT2D eigenvalue weighted by Crippen LogP contribution is -2.33. The maximum atomic E-state index is 12.7. The summed E-state index contributed by atoms with van der Waals surface area (Å²) in [5, 5.41) is 0. The Morgan fingerprint density at radius 2 is 2.05 bits per heavy atom. The average molecular weight is 292 g/mol. The minimum Gasteiger partial charge on any atom is -0.398 e.